The molecule has 0 radical (unpaired) electrons. The van der Waals surface area contributed by atoms with Gasteiger partial charge in [-0.1, -0.05) is 12.1 Å². The molecule has 0 N–H and O–H groups in total. The lowest BCUT2D eigenvalue weighted by atomic mass is 10.1. The van der Waals surface area contributed by atoms with E-state index >= 15 is 0 Å². The second kappa shape index (κ2) is 6.18. The smallest absolute Gasteiger partial charge is 0.227 e. The molecule has 0 bridgehead atoms. The van der Waals surface area contributed by atoms with E-state index in [1.54, 1.807) is 49.9 Å². The highest BCUT2D eigenvalue weighted by Crippen LogP contribution is 2.18. The van der Waals surface area contributed by atoms with E-state index in [1.165, 1.54) is 0 Å². The molecule has 4 nitrogen and oxygen atoms in total. The summed E-state index contributed by atoms with van der Waals surface area (Å²) in [5.74, 6) is 1.87. The molecular formula is C14H19NO3S2. The lowest BCUT2D eigenvalue weighted by Crippen LogP contribution is -2.29. The number of carbonyl (C=O) groups excluding carboxylic acids is 1. The van der Waals surface area contributed by atoms with Gasteiger partial charge in [-0.05, 0) is 31.5 Å². The lowest BCUT2D eigenvalue weighted by Gasteiger charge is -2.14. The molecule has 20 heavy (non-hydrogen) atoms. The van der Waals surface area contributed by atoms with Crippen LogP contribution in [0.1, 0.15) is 19.4 Å². The van der Waals surface area contributed by atoms with E-state index in [0.29, 0.717) is 11.3 Å². The maximum absolute atomic E-state index is 12.0. The first-order chi connectivity index (χ1) is 9.41. The quantitative estimate of drug-likeness (QED) is 0.852. The molecule has 1 amide bonds. The zero-order valence-electron chi connectivity index (χ0n) is 11.7. The monoisotopic (exact) mass is 313 g/mol. The van der Waals surface area contributed by atoms with Crippen LogP contribution in [0.4, 0.5) is 0 Å². The summed E-state index contributed by atoms with van der Waals surface area (Å²) in [6.07, 6.45) is 0.336. The SMILES string of the molecule is CC(C)S(=O)(=O)c1ccc(CC(=O)N2CCSC2)cc1. The topological polar surface area (TPSA) is 54.5 Å². The van der Waals surface area contributed by atoms with Crippen molar-refractivity contribution in [2.24, 2.45) is 0 Å². The molecule has 0 aromatic heterocycles. The summed E-state index contributed by atoms with van der Waals surface area (Å²) < 4.78 is 24.0. The molecule has 0 spiro atoms. The highest BCUT2D eigenvalue weighted by Gasteiger charge is 2.20. The summed E-state index contributed by atoms with van der Waals surface area (Å²) in [5, 5.41) is -0.434. The fraction of sp³-hybridized carbons (Fsp3) is 0.500. The van der Waals surface area contributed by atoms with Crippen LogP contribution in [0.3, 0.4) is 0 Å². The highest BCUT2D eigenvalue weighted by molar-refractivity contribution is 7.99. The van der Waals surface area contributed by atoms with Crippen molar-refractivity contribution >= 4 is 27.5 Å². The molecule has 110 valence electrons. The molecule has 1 heterocycles. The molecule has 1 fully saturated rings. The van der Waals surface area contributed by atoms with E-state index in [9.17, 15) is 13.2 Å². The van der Waals surface area contributed by atoms with Gasteiger partial charge in [-0.3, -0.25) is 4.79 Å². The van der Waals surface area contributed by atoms with Gasteiger partial charge >= 0.3 is 0 Å². The predicted octanol–water partition coefficient (Wildman–Crippen LogP) is 1.94. The van der Waals surface area contributed by atoms with Crippen molar-refractivity contribution in [1.29, 1.82) is 0 Å². The van der Waals surface area contributed by atoms with Crippen LogP contribution >= 0.6 is 11.8 Å². The molecule has 1 aromatic rings. The van der Waals surface area contributed by atoms with Crippen molar-refractivity contribution in [2.75, 3.05) is 18.2 Å². The van der Waals surface area contributed by atoms with E-state index in [0.717, 1.165) is 23.7 Å². The van der Waals surface area contributed by atoms with Gasteiger partial charge < -0.3 is 4.90 Å². The molecule has 1 aliphatic heterocycles. The average Bonchev–Trinajstić information content (AvgIpc) is 2.93. The Hall–Kier alpha value is -1.01. The Morgan fingerprint density at radius 2 is 1.95 bits per heavy atom. The van der Waals surface area contributed by atoms with Crippen LogP contribution in [-0.2, 0) is 21.1 Å². The van der Waals surface area contributed by atoms with Crippen LogP contribution in [0.25, 0.3) is 0 Å². The Labute approximate surface area is 124 Å². The number of amides is 1. The predicted molar refractivity (Wildman–Crippen MR) is 81.5 cm³/mol. The molecule has 0 aliphatic carbocycles. The summed E-state index contributed by atoms with van der Waals surface area (Å²) in [4.78, 5) is 14.2. The Bertz CT molecular complexity index is 573. The third-order valence-electron chi connectivity index (χ3n) is 3.33. The largest absolute Gasteiger partial charge is 0.332 e. The first kappa shape index (κ1) is 15.4. The zero-order valence-corrected chi connectivity index (χ0v) is 13.3. The van der Waals surface area contributed by atoms with Gasteiger partial charge in [0.1, 0.15) is 0 Å². The van der Waals surface area contributed by atoms with Crippen LogP contribution in [-0.4, -0.2) is 42.6 Å². The number of carbonyl (C=O) groups is 1. The van der Waals surface area contributed by atoms with Gasteiger partial charge in [-0.25, -0.2) is 8.42 Å². The number of rotatable bonds is 4. The maximum atomic E-state index is 12.0. The average molecular weight is 313 g/mol. The maximum Gasteiger partial charge on any atom is 0.227 e. The molecule has 0 unspecified atom stereocenters. The number of thioether (sulfide) groups is 1. The lowest BCUT2D eigenvalue weighted by molar-refractivity contribution is -0.128. The molecule has 6 heteroatoms. The van der Waals surface area contributed by atoms with Crippen LogP contribution in [0, 0.1) is 0 Å². The van der Waals surface area contributed by atoms with Crippen LogP contribution in [0.15, 0.2) is 29.2 Å². The minimum absolute atomic E-state index is 0.106. The van der Waals surface area contributed by atoms with Crippen LogP contribution < -0.4 is 0 Å². The second-order valence-corrected chi connectivity index (χ2v) is 8.69. The fourth-order valence-corrected chi connectivity index (χ4v) is 4.00. The van der Waals surface area contributed by atoms with E-state index in [-0.39, 0.29) is 5.91 Å². The Kier molecular flexibility index (Phi) is 4.75. The van der Waals surface area contributed by atoms with E-state index in [2.05, 4.69) is 0 Å². The molecule has 2 rings (SSSR count). The van der Waals surface area contributed by atoms with Gasteiger partial charge in [0.05, 0.1) is 22.4 Å². The normalized spacial score (nSPS) is 15.8. The van der Waals surface area contributed by atoms with Crippen molar-refractivity contribution in [1.82, 2.24) is 4.90 Å². The van der Waals surface area contributed by atoms with Gasteiger partial charge in [0.2, 0.25) is 5.91 Å². The molecule has 1 saturated heterocycles. The van der Waals surface area contributed by atoms with Crippen molar-refractivity contribution in [3.8, 4) is 0 Å². The zero-order chi connectivity index (χ0) is 14.8. The van der Waals surface area contributed by atoms with E-state index in [4.69, 9.17) is 0 Å². The fourth-order valence-electron chi connectivity index (χ4n) is 1.97. The molecule has 0 saturated carbocycles. The minimum Gasteiger partial charge on any atom is -0.332 e. The Morgan fingerprint density at radius 1 is 1.30 bits per heavy atom. The van der Waals surface area contributed by atoms with Crippen molar-refractivity contribution in [2.45, 2.75) is 30.4 Å². The first-order valence-electron chi connectivity index (χ1n) is 6.59. The van der Waals surface area contributed by atoms with Gasteiger partial charge in [0.25, 0.3) is 0 Å². The number of benzene rings is 1. The summed E-state index contributed by atoms with van der Waals surface area (Å²) in [6.45, 7) is 4.14. The van der Waals surface area contributed by atoms with Gasteiger partial charge in [0, 0.05) is 12.3 Å². The third kappa shape index (κ3) is 3.35. The summed E-state index contributed by atoms with van der Waals surface area (Å²) in [6, 6.07) is 6.65. The number of nitrogens with zero attached hydrogens (tertiary/aromatic N) is 1. The molecule has 1 aliphatic rings. The first-order valence-corrected chi connectivity index (χ1v) is 9.29. The second-order valence-electron chi connectivity index (χ2n) is 5.11. The summed E-state index contributed by atoms with van der Waals surface area (Å²) >= 11 is 1.76. The third-order valence-corrected chi connectivity index (χ3v) is 6.47. The van der Waals surface area contributed by atoms with Gasteiger partial charge in [-0.15, -0.1) is 11.8 Å². The number of hydrogen-bond donors (Lipinski definition) is 0. The van der Waals surface area contributed by atoms with Crippen molar-refractivity contribution < 1.29 is 13.2 Å². The standard InChI is InChI=1S/C14H19NO3S2/c1-11(2)20(17,18)13-5-3-12(4-6-13)9-14(16)15-7-8-19-10-15/h3-6,11H,7-10H2,1-2H3. The van der Waals surface area contributed by atoms with E-state index < -0.39 is 15.1 Å². The number of sulfone groups is 1. The van der Waals surface area contributed by atoms with Gasteiger partial charge in [-0.2, -0.15) is 0 Å². The van der Waals surface area contributed by atoms with Crippen molar-refractivity contribution in [3.05, 3.63) is 29.8 Å². The van der Waals surface area contributed by atoms with Gasteiger partial charge in [0.15, 0.2) is 9.84 Å². The van der Waals surface area contributed by atoms with E-state index in [1.807, 2.05) is 4.90 Å². The van der Waals surface area contributed by atoms with Crippen molar-refractivity contribution in [3.63, 3.8) is 0 Å². The summed E-state index contributed by atoms with van der Waals surface area (Å²) in [5.41, 5.74) is 0.856. The summed E-state index contributed by atoms with van der Waals surface area (Å²) in [7, 11) is -3.24. The minimum atomic E-state index is -3.24. The Morgan fingerprint density at radius 3 is 2.45 bits per heavy atom. The van der Waals surface area contributed by atoms with Crippen LogP contribution in [0.2, 0.25) is 0 Å². The Balaban J connectivity index is 2.07. The molecule has 1 aromatic carbocycles. The highest BCUT2D eigenvalue weighted by atomic mass is 32.2. The molecule has 0 atom stereocenters. The van der Waals surface area contributed by atoms with Crippen LogP contribution in [0.5, 0.6) is 0 Å². The molecular weight excluding hydrogens is 294 g/mol. The number of hydrogen-bond acceptors (Lipinski definition) is 4.